The first-order valence-corrected chi connectivity index (χ1v) is 54.4. The summed E-state index contributed by atoms with van der Waals surface area (Å²) in [4.78, 5) is 77.9. The second-order valence-corrected chi connectivity index (χ2v) is 47.4. The van der Waals surface area contributed by atoms with Crippen molar-refractivity contribution in [1.29, 1.82) is 0 Å². The molecular formula is C111H151N3O22. The second-order valence-electron chi connectivity index (χ2n) is 47.4. The lowest BCUT2D eigenvalue weighted by atomic mass is 9.53. The maximum Gasteiger partial charge on any atom is 0.341 e. The van der Waals surface area contributed by atoms with Crippen LogP contribution in [0.2, 0.25) is 0 Å². The molecule has 25 nitrogen and oxygen atoms in total. The third kappa shape index (κ3) is 18.7. The number of hydrogen-bond donors (Lipinski definition) is 3. The molecule has 25 heteroatoms. The summed E-state index contributed by atoms with van der Waals surface area (Å²) in [6, 6.07) is 33.9. The number of nitrogens with zero attached hydrogens (tertiary/aromatic N) is 3. The molecule has 742 valence electrons. The molecule has 7 aliphatic heterocycles. The van der Waals surface area contributed by atoms with Gasteiger partial charge in [-0.05, 0) is 360 Å². The lowest BCUT2D eigenvalue weighted by Crippen LogP contribution is -2.59. The molecule has 27 aliphatic rings. The van der Waals surface area contributed by atoms with Crippen molar-refractivity contribution in [2.45, 2.75) is 333 Å². The van der Waals surface area contributed by atoms with Crippen LogP contribution >= 0.6 is 0 Å². The van der Waals surface area contributed by atoms with E-state index in [4.69, 9.17) is 91.9 Å². The lowest BCUT2D eigenvalue weighted by molar-refractivity contribution is -0.390. The molecule has 0 atom stereocenters. The summed E-state index contributed by atoms with van der Waals surface area (Å²) in [5.41, 5.74) is 5.41. The SMILES string of the molecule is O=C(O)C1CCN(CCOc2ccc(C3CCC4(CC3)OOC3(O4)C4CC5CC(C4)CC3C5)cc2)CC1.O=C(O)COc1ccc(C2CCC3(CC2)OOC2(O3)C3CC4CC(C3)CC2C4)cc1.OC1CCN(CCOc2ccc(C3CCC4(CC3)OOC3(O4)C4CC5CC(C4)CC3C5)cc2)CC1.c1cc(C2CCC3(CC2)OOC2(O3)C3CC4CC(C3)CC2C4)ccc1OCCN1CCOCC1. The third-order valence-electron chi connectivity index (χ3n) is 39.2. The molecule has 20 aliphatic carbocycles. The van der Waals surface area contributed by atoms with E-state index in [0.29, 0.717) is 90.0 Å². The maximum atomic E-state index is 11.1. The molecule has 8 spiro atoms. The molecule has 27 fully saturated rings. The summed E-state index contributed by atoms with van der Waals surface area (Å²) in [5, 5.41) is 27.5. The van der Waals surface area contributed by atoms with Gasteiger partial charge in [0.1, 0.15) is 42.8 Å². The average Bonchev–Trinajstić information content (AvgIpc) is 1.54. The largest absolute Gasteiger partial charge is 0.492 e. The number of piperidine rings is 2. The number of hydrogen-bond acceptors (Lipinski definition) is 23. The summed E-state index contributed by atoms with van der Waals surface area (Å²) < 4.78 is 56.1. The lowest BCUT2D eigenvalue weighted by Gasteiger charge is -2.57. The van der Waals surface area contributed by atoms with Crippen molar-refractivity contribution in [2.75, 3.05) is 98.5 Å². The van der Waals surface area contributed by atoms with Gasteiger partial charge in [-0.25, -0.2) is 4.79 Å². The molecular weight excluding hydrogens is 1730 g/mol. The highest BCUT2D eigenvalue weighted by molar-refractivity contribution is 5.70. The number of aliphatic hydroxyl groups excluding tert-OH is 1. The zero-order valence-corrected chi connectivity index (χ0v) is 80.3. The monoisotopic (exact) mass is 1880 g/mol. The summed E-state index contributed by atoms with van der Waals surface area (Å²) in [5.74, 6) is 10.9. The van der Waals surface area contributed by atoms with Crippen molar-refractivity contribution in [3.63, 3.8) is 0 Å². The Bertz CT molecular complexity index is 4600. The molecule has 0 aromatic heterocycles. The van der Waals surface area contributed by atoms with Gasteiger partial charge in [0, 0.05) is 145 Å². The predicted molar refractivity (Wildman–Crippen MR) is 499 cm³/mol. The first kappa shape index (κ1) is 92.7. The first-order chi connectivity index (χ1) is 66.3. The Morgan fingerprint density at radius 3 is 0.772 bits per heavy atom. The summed E-state index contributed by atoms with van der Waals surface area (Å²) in [6.45, 7) is 11.8. The normalized spacial score (nSPS) is 43.1. The smallest absolute Gasteiger partial charge is 0.341 e. The van der Waals surface area contributed by atoms with Crippen LogP contribution in [0.5, 0.6) is 23.0 Å². The quantitative estimate of drug-likeness (QED) is 0.0694. The molecule has 20 saturated carbocycles. The fourth-order valence-electron chi connectivity index (χ4n) is 32.5. The van der Waals surface area contributed by atoms with Gasteiger partial charge in [-0.15, -0.1) is 0 Å². The third-order valence-corrected chi connectivity index (χ3v) is 39.2. The zero-order chi connectivity index (χ0) is 91.4. The van der Waals surface area contributed by atoms with E-state index in [1.54, 1.807) is 0 Å². The molecule has 31 rings (SSSR count). The van der Waals surface area contributed by atoms with Gasteiger partial charge in [0.15, 0.2) is 6.61 Å². The van der Waals surface area contributed by atoms with Crippen molar-refractivity contribution in [2.24, 2.45) is 101 Å². The van der Waals surface area contributed by atoms with Gasteiger partial charge in [0.05, 0.1) is 25.2 Å². The standard InChI is InChI=1S/C30H41NO6.C29H41NO5.C28H39NO5.C24H30O6/c32-28(33)24-7-11-31(12-8-24)13-14-34-27-3-1-22(2-4-27)23-5-9-29(10-6-23)35-30(37-36-29)25-16-20-15-21(18-25)19-26(30)17-20;31-26-7-11-30(12-8-26)13-14-32-27-3-1-22(2-4-27)23-5-9-28(10-6-23)33-29(35-34-28)24-16-20-15-21(18-24)19-25(29)17-20;1-3-26(31-14-11-29-9-12-30-13-10-29)4-2-22(1)23-5-7-27(8-6-23)32-28(34-33-27)24-16-20-15-21(18-24)19-25(28)17-20;25-22(26)14-27-21-3-1-17(2-4-21)18-5-7-23(8-6-18)28-24(30-29-23)19-10-15-9-16(12-19)13-20(24)11-15/h1-4,20-21,23-26H,5-19H2,(H,32,33);1-4,20-21,23-26,31H,5-19H2;1-4,20-21,23-25H,5-19H2;1-4,15-16,18-20H,5-14H2,(H,25,26). The Balaban J connectivity index is 0.0000000994. The molecule has 0 unspecified atom stereocenters. The van der Waals surface area contributed by atoms with Crippen molar-refractivity contribution < 1.29 is 107 Å². The van der Waals surface area contributed by atoms with E-state index in [0.717, 1.165) is 272 Å². The van der Waals surface area contributed by atoms with E-state index < -0.39 is 58.2 Å². The maximum absolute atomic E-state index is 11.1. The highest BCUT2D eigenvalue weighted by atomic mass is 17.3. The number of carboxylic acid groups (broad SMARTS) is 2. The number of morpholine rings is 1. The van der Waals surface area contributed by atoms with Crippen LogP contribution in [-0.2, 0) is 72.4 Å². The van der Waals surface area contributed by atoms with E-state index in [-0.39, 0.29) is 18.6 Å². The van der Waals surface area contributed by atoms with Gasteiger partial charge in [0.25, 0.3) is 0 Å². The minimum Gasteiger partial charge on any atom is -0.492 e. The van der Waals surface area contributed by atoms with Gasteiger partial charge in [-0.2, -0.15) is 39.1 Å². The van der Waals surface area contributed by atoms with Crippen LogP contribution in [0.4, 0.5) is 0 Å². The van der Waals surface area contributed by atoms with Gasteiger partial charge in [0.2, 0.25) is 46.3 Å². The molecule has 136 heavy (non-hydrogen) atoms. The van der Waals surface area contributed by atoms with Crippen LogP contribution in [0.1, 0.15) is 303 Å². The minimum atomic E-state index is -0.965. The predicted octanol–water partition coefficient (Wildman–Crippen LogP) is 19.9. The van der Waals surface area contributed by atoms with E-state index >= 15 is 0 Å². The van der Waals surface area contributed by atoms with Gasteiger partial charge in [-0.3, -0.25) is 19.5 Å². The van der Waals surface area contributed by atoms with E-state index in [1.807, 2.05) is 24.3 Å². The van der Waals surface area contributed by atoms with Gasteiger partial charge >= 0.3 is 11.9 Å². The minimum absolute atomic E-state index is 0.118. The average molecular weight is 1880 g/mol. The fourth-order valence-corrected chi connectivity index (χ4v) is 32.5. The molecule has 3 N–H and O–H groups in total. The molecule has 0 radical (unpaired) electrons. The molecule has 7 saturated heterocycles. The van der Waals surface area contributed by atoms with E-state index in [2.05, 4.69) is 87.5 Å². The topological polar surface area (TPSA) is 261 Å². The second kappa shape index (κ2) is 38.5. The molecule has 4 aromatic carbocycles. The van der Waals surface area contributed by atoms with Crippen molar-refractivity contribution in [3.05, 3.63) is 119 Å². The van der Waals surface area contributed by atoms with Crippen LogP contribution in [0, 0.1) is 101 Å². The number of aliphatic hydroxyl groups is 1. The zero-order valence-electron chi connectivity index (χ0n) is 80.3. The van der Waals surface area contributed by atoms with Crippen LogP contribution in [-0.4, -0.2) is 193 Å². The molecule has 0 amide bonds. The number of carboxylic acids is 2. The molecule has 7 heterocycles. The molecule has 16 bridgehead atoms. The fraction of sp³-hybridized carbons (Fsp3) is 0.766. The van der Waals surface area contributed by atoms with E-state index in [9.17, 15) is 14.7 Å². The number of benzene rings is 4. The Labute approximate surface area is 803 Å². The number of rotatable bonds is 20. The number of likely N-dealkylation sites (tertiary alicyclic amines) is 2. The Morgan fingerprint density at radius 2 is 0.529 bits per heavy atom. The number of ether oxygens (including phenoxy) is 9. The van der Waals surface area contributed by atoms with Gasteiger partial charge in [-0.1, -0.05) is 48.5 Å². The van der Waals surface area contributed by atoms with Crippen LogP contribution in [0.3, 0.4) is 0 Å². The molecule has 4 aromatic rings. The summed E-state index contributed by atoms with van der Waals surface area (Å²) in [6.07, 6.45) is 44.5. The number of aliphatic carboxylic acids is 2. The van der Waals surface area contributed by atoms with Crippen LogP contribution in [0.25, 0.3) is 0 Å². The Hall–Kier alpha value is -5.66. The van der Waals surface area contributed by atoms with Crippen LogP contribution in [0.15, 0.2) is 97.1 Å². The highest BCUT2D eigenvalue weighted by Gasteiger charge is 2.72. The van der Waals surface area contributed by atoms with Crippen molar-refractivity contribution in [3.8, 4) is 23.0 Å². The number of carbonyl (C=O) groups is 2. The van der Waals surface area contributed by atoms with Crippen molar-refractivity contribution in [1.82, 2.24) is 14.7 Å². The van der Waals surface area contributed by atoms with E-state index in [1.165, 1.54) is 151 Å². The van der Waals surface area contributed by atoms with Crippen molar-refractivity contribution >= 4 is 11.9 Å². The first-order valence-electron chi connectivity index (χ1n) is 54.4. The highest BCUT2D eigenvalue weighted by Crippen LogP contribution is 2.70. The Kier molecular flexibility index (Phi) is 26.2. The summed E-state index contributed by atoms with van der Waals surface area (Å²) >= 11 is 0. The van der Waals surface area contributed by atoms with Gasteiger partial charge < -0.3 is 58.0 Å². The summed E-state index contributed by atoms with van der Waals surface area (Å²) in [7, 11) is 0. The van der Waals surface area contributed by atoms with Crippen LogP contribution < -0.4 is 18.9 Å². The Morgan fingerprint density at radius 1 is 0.294 bits per heavy atom.